The van der Waals surface area contributed by atoms with Crippen LogP contribution in [0.2, 0.25) is 0 Å². The highest BCUT2D eigenvalue weighted by Crippen LogP contribution is 2.14. The molecule has 1 aromatic heterocycles. The SMILES string of the molecule is Cc1cc(CNC(C)CO)oc1C(=O)O. The average Bonchev–Trinajstić information content (AvgIpc) is 2.56. The van der Waals surface area contributed by atoms with E-state index in [1.165, 1.54) is 0 Å². The molecule has 0 aliphatic rings. The van der Waals surface area contributed by atoms with Gasteiger partial charge in [0, 0.05) is 11.6 Å². The van der Waals surface area contributed by atoms with Gasteiger partial charge in [-0.3, -0.25) is 0 Å². The number of aliphatic hydroxyl groups is 1. The third-order valence-corrected chi connectivity index (χ3v) is 2.06. The minimum atomic E-state index is -1.06. The van der Waals surface area contributed by atoms with Crippen molar-refractivity contribution in [1.29, 1.82) is 0 Å². The molecule has 1 atom stereocenters. The molecule has 0 aliphatic carbocycles. The van der Waals surface area contributed by atoms with Gasteiger partial charge in [0.05, 0.1) is 13.2 Å². The van der Waals surface area contributed by atoms with E-state index >= 15 is 0 Å². The van der Waals surface area contributed by atoms with Crippen molar-refractivity contribution in [2.45, 2.75) is 26.4 Å². The van der Waals surface area contributed by atoms with Gasteiger partial charge in [0.25, 0.3) is 0 Å². The lowest BCUT2D eigenvalue weighted by molar-refractivity contribution is 0.0659. The van der Waals surface area contributed by atoms with E-state index in [1.807, 2.05) is 6.92 Å². The third kappa shape index (κ3) is 3.07. The molecular weight excluding hydrogens is 198 g/mol. The Balaban J connectivity index is 2.63. The molecule has 1 rings (SSSR count). The highest BCUT2D eigenvalue weighted by Gasteiger charge is 2.14. The number of nitrogens with one attached hydrogen (secondary N) is 1. The molecule has 0 radical (unpaired) electrons. The molecule has 0 spiro atoms. The van der Waals surface area contributed by atoms with E-state index in [-0.39, 0.29) is 18.4 Å². The number of carbonyl (C=O) groups is 1. The molecule has 1 unspecified atom stereocenters. The maximum Gasteiger partial charge on any atom is 0.372 e. The van der Waals surface area contributed by atoms with Gasteiger partial charge < -0.3 is 19.9 Å². The minimum Gasteiger partial charge on any atom is -0.475 e. The predicted octanol–water partition coefficient (Wildman–Crippen LogP) is 0.757. The van der Waals surface area contributed by atoms with Crippen LogP contribution in [0.3, 0.4) is 0 Å². The zero-order chi connectivity index (χ0) is 11.4. The molecule has 0 amide bonds. The Morgan fingerprint density at radius 2 is 2.33 bits per heavy atom. The summed E-state index contributed by atoms with van der Waals surface area (Å²) in [5, 5.41) is 20.5. The zero-order valence-corrected chi connectivity index (χ0v) is 8.78. The van der Waals surface area contributed by atoms with Crippen molar-refractivity contribution in [3.8, 4) is 0 Å². The quantitative estimate of drug-likeness (QED) is 0.672. The number of rotatable bonds is 5. The Hall–Kier alpha value is -1.33. The molecule has 5 heteroatoms. The fourth-order valence-electron chi connectivity index (χ4n) is 1.19. The van der Waals surface area contributed by atoms with Crippen LogP contribution in [0.5, 0.6) is 0 Å². The number of carboxylic acids is 1. The maximum atomic E-state index is 10.7. The summed E-state index contributed by atoms with van der Waals surface area (Å²) in [6.07, 6.45) is 0. The van der Waals surface area contributed by atoms with Crippen molar-refractivity contribution in [2.24, 2.45) is 0 Å². The molecule has 0 saturated carbocycles. The van der Waals surface area contributed by atoms with Gasteiger partial charge in [-0.1, -0.05) is 0 Å². The summed E-state index contributed by atoms with van der Waals surface area (Å²) in [5.74, 6) is -0.525. The summed E-state index contributed by atoms with van der Waals surface area (Å²) in [6.45, 7) is 3.96. The average molecular weight is 213 g/mol. The molecule has 15 heavy (non-hydrogen) atoms. The van der Waals surface area contributed by atoms with E-state index in [1.54, 1.807) is 13.0 Å². The molecule has 1 heterocycles. The van der Waals surface area contributed by atoms with E-state index < -0.39 is 5.97 Å². The number of aryl methyl sites for hydroxylation is 1. The number of furan rings is 1. The first kappa shape index (κ1) is 11.7. The first-order valence-electron chi connectivity index (χ1n) is 4.71. The molecule has 0 fully saturated rings. The van der Waals surface area contributed by atoms with E-state index in [0.29, 0.717) is 17.9 Å². The predicted molar refractivity (Wildman–Crippen MR) is 53.8 cm³/mol. The van der Waals surface area contributed by atoms with Crippen molar-refractivity contribution in [1.82, 2.24) is 5.32 Å². The van der Waals surface area contributed by atoms with Gasteiger partial charge in [0.1, 0.15) is 5.76 Å². The third-order valence-electron chi connectivity index (χ3n) is 2.06. The topological polar surface area (TPSA) is 82.7 Å². The van der Waals surface area contributed by atoms with Crippen LogP contribution in [-0.2, 0) is 6.54 Å². The first-order valence-corrected chi connectivity index (χ1v) is 4.71. The highest BCUT2D eigenvalue weighted by molar-refractivity contribution is 5.86. The fourth-order valence-corrected chi connectivity index (χ4v) is 1.19. The smallest absolute Gasteiger partial charge is 0.372 e. The lowest BCUT2D eigenvalue weighted by Crippen LogP contribution is -2.28. The molecule has 0 aliphatic heterocycles. The van der Waals surface area contributed by atoms with Crippen LogP contribution < -0.4 is 5.32 Å². The van der Waals surface area contributed by atoms with Crippen LogP contribution in [0.15, 0.2) is 10.5 Å². The Morgan fingerprint density at radius 3 is 2.80 bits per heavy atom. The van der Waals surface area contributed by atoms with Crippen molar-refractivity contribution in [2.75, 3.05) is 6.61 Å². The van der Waals surface area contributed by atoms with E-state index in [4.69, 9.17) is 14.6 Å². The summed E-state index contributed by atoms with van der Waals surface area (Å²) >= 11 is 0. The number of carboxylic acid groups (broad SMARTS) is 1. The highest BCUT2D eigenvalue weighted by atomic mass is 16.4. The Bertz CT molecular complexity index is 345. The Labute approximate surface area is 87.7 Å². The molecule has 5 nitrogen and oxygen atoms in total. The zero-order valence-electron chi connectivity index (χ0n) is 8.78. The van der Waals surface area contributed by atoms with E-state index in [0.717, 1.165) is 0 Å². The van der Waals surface area contributed by atoms with Crippen LogP contribution in [0, 0.1) is 6.92 Å². The van der Waals surface area contributed by atoms with Crippen molar-refractivity contribution < 1.29 is 19.4 Å². The van der Waals surface area contributed by atoms with Gasteiger partial charge in [-0.05, 0) is 19.9 Å². The van der Waals surface area contributed by atoms with Crippen LogP contribution in [0.25, 0.3) is 0 Å². The van der Waals surface area contributed by atoms with Crippen LogP contribution in [0.4, 0.5) is 0 Å². The Morgan fingerprint density at radius 1 is 1.67 bits per heavy atom. The van der Waals surface area contributed by atoms with Crippen molar-refractivity contribution in [3.63, 3.8) is 0 Å². The van der Waals surface area contributed by atoms with Crippen molar-refractivity contribution >= 4 is 5.97 Å². The summed E-state index contributed by atoms with van der Waals surface area (Å²) in [5.41, 5.74) is 0.607. The monoisotopic (exact) mass is 213 g/mol. The molecular formula is C10H15NO4. The van der Waals surface area contributed by atoms with Crippen LogP contribution >= 0.6 is 0 Å². The largest absolute Gasteiger partial charge is 0.475 e. The lowest BCUT2D eigenvalue weighted by atomic mass is 10.2. The molecule has 84 valence electrons. The molecule has 0 bridgehead atoms. The van der Waals surface area contributed by atoms with Gasteiger partial charge in [-0.2, -0.15) is 0 Å². The lowest BCUT2D eigenvalue weighted by Gasteiger charge is -2.07. The second-order valence-corrected chi connectivity index (χ2v) is 3.49. The molecule has 0 aromatic carbocycles. The number of aromatic carboxylic acids is 1. The minimum absolute atomic E-state index is 0.0246. The van der Waals surface area contributed by atoms with E-state index in [9.17, 15) is 4.79 Å². The summed E-state index contributed by atoms with van der Waals surface area (Å²) in [6, 6.07) is 1.64. The molecule has 0 saturated heterocycles. The Kier molecular flexibility index (Phi) is 3.88. The fraction of sp³-hybridized carbons (Fsp3) is 0.500. The summed E-state index contributed by atoms with van der Waals surface area (Å²) < 4.78 is 5.13. The second kappa shape index (κ2) is 4.95. The summed E-state index contributed by atoms with van der Waals surface area (Å²) in [7, 11) is 0. The standard InChI is InChI=1S/C10H15NO4/c1-6-3-8(4-11-7(2)5-12)15-9(6)10(13)14/h3,7,11-12H,4-5H2,1-2H3,(H,13,14). The van der Waals surface area contributed by atoms with Gasteiger partial charge in [-0.25, -0.2) is 4.79 Å². The van der Waals surface area contributed by atoms with Gasteiger partial charge >= 0.3 is 5.97 Å². The summed E-state index contributed by atoms with van der Waals surface area (Å²) in [4.78, 5) is 10.7. The number of aliphatic hydroxyl groups excluding tert-OH is 1. The van der Waals surface area contributed by atoms with Crippen LogP contribution in [0.1, 0.15) is 28.8 Å². The molecule has 3 N–H and O–H groups in total. The van der Waals surface area contributed by atoms with Crippen molar-refractivity contribution in [3.05, 3.63) is 23.2 Å². The van der Waals surface area contributed by atoms with Gasteiger partial charge in [0.2, 0.25) is 5.76 Å². The maximum absolute atomic E-state index is 10.7. The van der Waals surface area contributed by atoms with Gasteiger partial charge in [-0.15, -0.1) is 0 Å². The normalized spacial score (nSPS) is 12.7. The van der Waals surface area contributed by atoms with Crippen LogP contribution in [-0.4, -0.2) is 28.8 Å². The van der Waals surface area contributed by atoms with E-state index in [2.05, 4.69) is 5.32 Å². The van der Waals surface area contributed by atoms with Gasteiger partial charge in [0.15, 0.2) is 0 Å². The second-order valence-electron chi connectivity index (χ2n) is 3.49. The molecule has 1 aromatic rings. The number of hydrogen-bond acceptors (Lipinski definition) is 4. The first-order chi connectivity index (χ1) is 7.04. The number of hydrogen-bond donors (Lipinski definition) is 3.